The molecule has 1 saturated carbocycles. The summed E-state index contributed by atoms with van der Waals surface area (Å²) in [6.07, 6.45) is -4.37. The van der Waals surface area contributed by atoms with Gasteiger partial charge in [-0.05, 0) is 76.9 Å². The molecule has 13 heteroatoms. The second-order valence-electron chi connectivity index (χ2n) is 11.8. The summed E-state index contributed by atoms with van der Waals surface area (Å²) in [4.78, 5) is 29.3. The number of carbonyl (C=O) groups is 2. The lowest BCUT2D eigenvalue weighted by molar-refractivity contribution is -0.140. The lowest BCUT2D eigenvalue weighted by Crippen LogP contribution is -2.67. The lowest BCUT2D eigenvalue weighted by Gasteiger charge is -2.51. The third-order valence-electron chi connectivity index (χ3n) is 9.50. The van der Waals surface area contributed by atoms with Crippen molar-refractivity contribution in [3.63, 3.8) is 0 Å². The summed E-state index contributed by atoms with van der Waals surface area (Å²) in [5, 5.41) is 53.5. The van der Waals surface area contributed by atoms with Crippen molar-refractivity contribution >= 4 is 23.2 Å². The maximum Gasteiger partial charge on any atom is 0.417 e. The molecule has 0 aromatic heterocycles. The number of likely N-dealkylation sites (N-methyl/N-ethyl adjacent to an activating group) is 1. The van der Waals surface area contributed by atoms with Gasteiger partial charge in [-0.15, -0.1) is 0 Å². The largest absolute Gasteiger partial charge is 0.510 e. The molecule has 10 nitrogen and oxygen atoms in total. The van der Waals surface area contributed by atoms with Gasteiger partial charge in [0.15, 0.2) is 5.60 Å². The fraction of sp³-hybridized carbons (Fsp3) is 0.536. The molecule has 222 valence electrons. The molecule has 41 heavy (non-hydrogen) atoms. The molecule has 1 heterocycles. The van der Waals surface area contributed by atoms with Crippen LogP contribution in [-0.2, 0) is 22.2 Å². The van der Waals surface area contributed by atoms with E-state index in [-0.39, 0.29) is 23.6 Å². The van der Waals surface area contributed by atoms with Crippen LogP contribution in [-0.4, -0.2) is 86.5 Å². The molecule has 1 aliphatic heterocycles. The van der Waals surface area contributed by atoms with Gasteiger partial charge in [-0.1, -0.05) is 0 Å². The summed E-state index contributed by atoms with van der Waals surface area (Å²) in [5.74, 6) is -6.92. The molecule has 1 amide bonds. The Balaban J connectivity index is 1.74. The van der Waals surface area contributed by atoms with E-state index in [1.54, 1.807) is 7.05 Å². The molecule has 1 aromatic rings. The van der Waals surface area contributed by atoms with E-state index in [1.165, 1.54) is 19.0 Å². The van der Waals surface area contributed by atoms with E-state index in [0.29, 0.717) is 12.8 Å². The molecule has 0 radical (unpaired) electrons. The Hall–Kier alpha value is -3.42. The fourth-order valence-corrected chi connectivity index (χ4v) is 7.49. The van der Waals surface area contributed by atoms with Gasteiger partial charge in [0.05, 0.1) is 22.9 Å². The number of hydrogen-bond donors (Lipinski definition) is 6. The van der Waals surface area contributed by atoms with E-state index in [1.807, 2.05) is 11.8 Å². The topological polar surface area (TPSA) is 171 Å². The third kappa shape index (κ3) is 3.92. The van der Waals surface area contributed by atoms with Crippen molar-refractivity contribution in [1.29, 1.82) is 5.41 Å². The first-order valence-electron chi connectivity index (χ1n) is 13.3. The van der Waals surface area contributed by atoms with Crippen LogP contribution < -0.4 is 5.73 Å². The van der Waals surface area contributed by atoms with Gasteiger partial charge >= 0.3 is 6.18 Å². The summed E-state index contributed by atoms with van der Waals surface area (Å²) in [5.41, 5.74) is -1.46. The van der Waals surface area contributed by atoms with Crippen molar-refractivity contribution in [1.82, 2.24) is 9.80 Å². The first-order valence-corrected chi connectivity index (χ1v) is 13.3. The number of aliphatic hydroxyl groups excluding tert-OH is 2. The van der Waals surface area contributed by atoms with E-state index in [9.17, 15) is 43.2 Å². The van der Waals surface area contributed by atoms with Gasteiger partial charge < -0.3 is 31.6 Å². The van der Waals surface area contributed by atoms with Gasteiger partial charge in [-0.3, -0.25) is 19.4 Å². The Kier molecular flexibility index (Phi) is 6.59. The van der Waals surface area contributed by atoms with E-state index in [4.69, 9.17) is 11.1 Å². The quantitative estimate of drug-likeness (QED) is 0.318. The molecular weight excluding hydrogens is 545 g/mol. The number of phenolic OH excluding ortho intramolecular Hbond substituents is 1. The number of benzene rings is 1. The number of ketones is 1. The van der Waals surface area contributed by atoms with Crippen molar-refractivity contribution in [2.75, 3.05) is 21.1 Å². The Bertz CT molecular complexity index is 1450. The zero-order valence-electron chi connectivity index (χ0n) is 23.0. The van der Waals surface area contributed by atoms with Crippen molar-refractivity contribution in [2.45, 2.75) is 62.5 Å². The smallest absolute Gasteiger partial charge is 0.417 e. The number of amides is 1. The average molecular weight is 579 g/mol. The number of fused-ring (bicyclic) bond motifs is 3. The van der Waals surface area contributed by atoms with Gasteiger partial charge in [0.2, 0.25) is 5.78 Å². The predicted octanol–water partition coefficient (Wildman–Crippen LogP) is 2.59. The van der Waals surface area contributed by atoms with Gasteiger partial charge in [0, 0.05) is 23.6 Å². The van der Waals surface area contributed by atoms with Crippen molar-refractivity contribution in [3.05, 3.63) is 45.2 Å². The number of primary amides is 1. The average Bonchev–Trinajstić information content (AvgIpc) is 3.17. The van der Waals surface area contributed by atoms with E-state index in [2.05, 4.69) is 0 Å². The number of carbonyl (C=O) groups excluding carboxylic acids is 2. The molecule has 4 aliphatic rings. The van der Waals surface area contributed by atoms with Crippen molar-refractivity contribution < 1.29 is 43.2 Å². The van der Waals surface area contributed by atoms with Crippen LogP contribution >= 0.6 is 0 Å². The molecule has 2 unspecified atom stereocenters. The molecule has 0 bridgehead atoms. The van der Waals surface area contributed by atoms with Crippen LogP contribution in [0.2, 0.25) is 0 Å². The van der Waals surface area contributed by atoms with Gasteiger partial charge in [-0.2, -0.15) is 13.2 Å². The van der Waals surface area contributed by atoms with Crippen LogP contribution in [0.3, 0.4) is 0 Å². The minimum Gasteiger partial charge on any atom is -0.510 e. The number of aliphatic hydroxyl groups is 3. The molecular formula is C28H33F3N4O6. The van der Waals surface area contributed by atoms with Gasteiger partial charge in [0.25, 0.3) is 5.91 Å². The monoisotopic (exact) mass is 578 g/mol. The lowest BCUT2D eigenvalue weighted by atomic mass is 9.56. The highest BCUT2D eigenvalue weighted by atomic mass is 19.4. The van der Waals surface area contributed by atoms with Crippen molar-refractivity contribution in [2.24, 2.45) is 17.6 Å². The highest BCUT2D eigenvalue weighted by molar-refractivity contribution is 6.33. The standard InChI is InChI=1S/C28H33F3N4O6/c1-10-5-6-15(35(10)4)12-9-16(36)18-13(20(12)28(29,30)31)7-11-8-14-21(34(2)3)23(38)19(26(33)40)24(32)27(14,41)25(39)17(11)22(18)37/h9-11,14-15,21,32,36-38,41H,5-8H2,1-4H3,(H2,33,40)/t10?,11-,14-,15?,21-,27+/m0/s1. The number of nitrogens with two attached hydrogens (primary N) is 1. The number of halogens is 3. The molecule has 1 aromatic carbocycles. The number of alkyl halides is 3. The molecule has 7 N–H and O–H groups in total. The first kappa shape index (κ1) is 29.1. The minimum atomic E-state index is -4.85. The number of nitrogens with zero attached hydrogens (tertiary/aromatic N) is 2. The van der Waals surface area contributed by atoms with E-state index < -0.39 is 99.1 Å². The normalized spacial score (nSPS) is 32.4. The summed E-state index contributed by atoms with van der Waals surface area (Å²) >= 11 is 0. The Morgan fingerprint density at radius 1 is 1.22 bits per heavy atom. The summed E-state index contributed by atoms with van der Waals surface area (Å²) in [7, 11) is 4.72. The van der Waals surface area contributed by atoms with Crippen LogP contribution in [0.1, 0.15) is 54.5 Å². The number of phenols is 1. The van der Waals surface area contributed by atoms with E-state index >= 15 is 0 Å². The number of nitrogens with one attached hydrogen (secondary N) is 1. The highest BCUT2D eigenvalue weighted by Crippen LogP contribution is 2.55. The number of likely N-dealkylation sites (tertiary alicyclic amines) is 1. The minimum absolute atomic E-state index is 0.0171. The summed E-state index contributed by atoms with van der Waals surface area (Å²) in [6.45, 7) is 1.90. The zero-order chi connectivity index (χ0) is 30.5. The zero-order valence-corrected chi connectivity index (χ0v) is 23.0. The second-order valence-corrected chi connectivity index (χ2v) is 11.8. The number of aromatic hydroxyl groups is 1. The van der Waals surface area contributed by atoms with Crippen LogP contribution in [0.4, 0.5) is 13.2 Å². The second kappa shape index (κ2) is 9.30. The Labute approximate surface area is 234 Å². The molecule has 5 rings (SSSR count). The SMILES string of the molecule is CC1CCC(c2cc(O)c3c(c2C(F)(F)F)C[C@H]2C[C@H]4[C@H](N(C)C)C(O)=C(C(N)=O)C(=N)[C@@]4(O)C(=O)C2=C3O)N1C. The number of Topliss-reactive ketones (excluding diaryl/α,β-unsaturated/α-hetero) is 1. The maximum absolute atomic E-state index is 14.8. The summed E-state index contributed by atoms with van der Waals surface area (Å²) in [6, 6.07) is -0.807. The Morgan fingerprint density at radius 2 is 1.85 bits per heavy atom. The van der Waals surface area contributed by atoms with Crippen molar-refractivity contribution in [3.8, 4) is 5.75 Å². The third-order valence-corrected chi connectivity index (χ3v) is 9.50. The Morgan fingerprint density at radius 3 is 2.37 bits per heavy atom. The predicted molar refractivity (Wildman–Crippen MR) is 141 cm³/mol. The van der Waals surface area contributed by atoms with Crippen LogP contribution in [0.15, 0.2) is 23.0 Å². The maximum atomic E-state index is 14.8. The van der Waals surface area contributed by atoms with Crippen LogP contribution in [0, 0.1) is 17.2 Å². The summed E-state index contributed by atoms with van der Waals surface area (Å²) < 4.78 is 44.3. The van der Waals surface area contributed by atoms with Crippen LogP contribution in [0.25, 0.3) is 5.76 Å². The number of rotatable bonds is 3. The van der Waals surface area contributed by atoms with E-state index in [0.717, 1.165) is 6.07 Å². The molecule has 3 aliphatic carbocycles. The molecule has 0 spiro atoms. The molecule has 1 saturated heterocycles. The first-order chi connectivity index (χ1) is 18.9. The number of hydrogen-bond acceptors (Lipinski definition) is 9. The highest BCUT2D eigenvalue weighted by Gasteiger charge is 2.63. The molecule has 6 atom stereocenters. The van der Waals surface area contributed by atoms with Crippen LogP contribution in [0.5, 0.6) is 5.75 Å². The molecule has 2 fully saturated rings. The van der Waals surface area contributed by atoms with Gasteiger partial charge in [-0.25, -0.2) is 0 Å². The fourth-order valence-electron chi connectivity index (χ4n) is 7.49. The van der Waals surface area contributed by atoms with Gasteiger partial charge in [0.1, 0.15) is 22.8 Å².